The van der Waals surface area contributed by atoms with E-state index in [9.17, 15) is 18.0 Å². The number of amides is 1. The van der Waals surface area contributed by atoms with Crippen molar-refractivity contribution in [2.24, 2.45) is 5.14 Å². The number of carbonyl (C=O) groups excluding carboxylic acids is 2. The van der Waals surface area contributed by atoms with Crippen LogP contribution in [0.25, 0.3) is 0 Å². The Balaban J connectivity index is 1.46. The molecule has 3 N–H and O–H groups in total. The van der Waals surface area contributed by atoms with E-state index in [2.05, 4.69) is 20.1 Å². The summed E-state index contributed by atoms with van der Waals surface area (Å²) < 4.78 is 27.6. The fraction of sp³-hybridized carbons (Fsp3) is 0.409. The number of anilines is 2. The van der Waals surface area contributed by atoms with Crippen LogP contribution in [0.2, 0.25) is 0 Å². The van der Waals surface area contributed by atoms with Crippen LogP contribution in [0.4, 0.5) is 11.5 Å². The first-order valence-electron chi connectivity index (χ1n) is 10.8. The molecule has 1 aliphatic heterocycles. The van der Waals surface area contributed by atoms with Crippen molar-refractivity contribution in [2.45, 2.75) is 24.7 Å². The first kappa shape index (κ1) is 24.6. The van der Waals surface area contributed by atoms with E-state index in [0.29, 0.717) is 30.8 Å². The molecule has 1 aromatic carbocycles. The standard InChI is InChI=1S/C22H29N5O5S/c1-2-32-22(29)17-4-9-20(24-16-17)27-12-3-11-26(14-15-27)13-10-21(28)25-18-5-7-19(8-6-18)33(23,30)31/h4-9,16H,2-3,10-15H2,1H3,(H,25,28)(H2,23,30,31). The average molecular weight is 476 g/mol. The molecule has 0 aliphatic carbocycles. The molecule has 0 radical (unpaired) electrons. The van der Waals surface area contributed by atoms with Crippen molar-refractivity contribution in [3.63, 3.8) is 0 Å². The molecule has 0 bridgehead atoms. The van der Waals surface area contributed by atoms with Crippen LogP contribution in [-0.2, 0) is 19.6 Å². The lowest BCUT2D eigenvalue weighted by atomic mass is 10.2. The van der Waals surface area contributed by atoms with Gasteiger partial charge in [-0.25, -0.2) is 23.3 Å². The van der Waals surface area contributed by atoms with Gasteiger partial charge < -0.3 is 19.9 Å². The molecule has 11 heteroatoms. The Morgan fingerprint density at radius 2 is 1.85 bits per heavy atom. The van der Waals surface area contributed by atoms with E-state index >= 15 is 0 Å². The molecule has 1 amide bonds. The lowest BCUT2D eigenvalue weighted by molar-refractivity contribution is -0.116. The molecule has 1 aromatic heterocycles. The van der Waals surface area contributed by atoms with Gasteiger partial charge in [-0.1, -0.05) is 0 Å². The highest BCUT2D eigenvalue weighted by Gasteiger charge is 2.18. The molecule has 0 saturated carbocycles. The van der Waals surface area contributed by atoms with Crippen LogP contribution in [0, 0.1) is 0 Å². The number of hydrogen-bond donors (Lipinski definition) is 2. The Bertz CT molecular complexity index is 1060. The van der Waals surface area contributed by atoms with Gasteiger partial charge in [-0.3, -0.25) is 4.79 Å². The third kappa shape index (κ3) is 7.24. The summed E-state index contributed by atoms with van der Waals surface area (Å²) in [6.45, 7) is 5.97. The number of nitrogens with zero attached hydrogens (tertiary/aromatic N) is 3. The molecular weight excluding hydrogens is 446 g/mol. The van der Waals surface area contributed by atoms with Gasteiger partial charge in [0.2, 0.25) is 15.9 Å². The summed E-state index contributed by atoms with van der Waals surface area (Å²) in [4.78, 5) is 32.9. The number of nitrogens with two attached hydrogens (primary N) is 1. The van der Waals surface area contributed by atoms with Gasteiger partial charge in [-0.2, -0.15) is 0 Å². The highest BCUT2D eigenvalue weighted by molar-refractivity contribution is 7.89. The maximum atomic E-state index is 12.3. The number of benzene rings is 1. The van der Waals surface area contributed by atoms with Crippen LogP contribution < -0.4 is 15.4 Å². The molecule has 0 spiro atoms. The normalized spacial score (nSPS) is 15.0. The molecule has 1 aliphatic rings. The van der Waals surface area contributed by atoms with Gasteiger partial charge in [0.15, 0.2) is 0 Å². The second-order valence-corrected chi connectivity index (χ2v) is 9.24. The first-order chi connectivity index (χ1) is 15.8. The summed E-state index contributed by atoms with van der Waals surface area (Å²) in [5, 5.41) is 7.86. The average Bonchev–Trinajstić information content (AvgIpc) is 3.03. The van der Waals surface area contributed by atoms with Crippen molar-refractivity contribution in [3.05, 3.63) is 48.2 Å². The molecule has 2 aromatic rings. The fourth-order valence-electron chi connectivity index (χ4n) is 3.54. The number of ether oxygens (including phenoxy) is 1. The van der Waals surface area contributed by atoms with E-state index in [0.717, 1.165) is 38.4 Å². The predicted octanol–water partition coefficient (Wildman–Crippen LogP) is 1.45. The summed E-state index contributed by atoms with van der Waals surface area (Å²) in [5.41, 5.74) is 0.953. The highest BCUT2D eigenvalue weighted by atomic mass is 32.2. The molecule has 1 saturated heterocycles. The number of esters is 1. The van der Waals surface area contributed by atoms with Gasteiger partial charge in [-0.15, -0.1) is 0 Å². The molecule has 0 unspecified atom stereocenters. The largest absolute Gasteiger partial charge is 0.462 e. The van der Waals surface area contributed by atoms with Crippen LogP contribution in [-0.4, -0.2) is 69.5 Å². The number of pyridine rings is 1. The zero-order chi connectivity index (χ0) is 23.8. The third-order valence-corrected chi connectivity index (χ3v) is 6.22. The molecule has 178 valence electrons. The van der Waals surface area contributed by atoms with E-state index < -0.39 is 10.0 Å². The number of hydrogen-bond acceptors (Lipinski definition) is 8. The third-order valence-electron chi connectivity index (χ3n) is 5.29. The summed E-state index contributed by atoms with van der Waals surface area (Å²) in [5.74, 6) is 0.290. The van der Waals surface area contributed by atoms with Crippen molar-refractivity contribution < 1.29 is 22.7 Å². The minimum atomic E-state index is -3.76. The number of carbonyl (C=O) groups is 2. The smallest absolute Gasteiger partial charge is 0.339 e. The highest BCUT2D eigenvalue weighted by Crippen LogP contribution is 2.16. The maximum absolute atomic E-state index is 12.3. The molecular formula is C22H29N5O5S. The van der Waals surface area contributed by atoms with Gasteiger partial charge >= 0.3 is 5.97 Å². The van der Waals surface area contributed by atoms with E-state index in [4.69, 9.17) is 9.88 Å². The van der Waals surface area contributed by atoms with Gasteiger partial charge in [-0.05, 0) is 56.3 Å². The van der Waals surface area contributed by atoms with Crippen LogP contribution in [0.3, 0.4) is 0 Å². The number of aromatic nitrogens is 1. The second-order valence-electron chi connectivity index (χ2n) is 7.68. The van der Waals surface area contributed by atoms with Gasteiger partial charge in [0.25, 0.3) is 0 Å². The number of sulfonamides is 1. The summed E-state index contributed by atoms with van der Waals surface area (Å²) in [7, 11) is -3.76. The summed E-state index contributed by atoms with van der Waals surface area (Å²) in [6, 6.07) is 9.31. The Labute approximate surface area is 193 Å². The predicted molar refractivity (Wildman–Crippen MR) is 125 cm³/mol. The molecule has 3 rings (SSSR count). The second kappa shape index (κ2) is 11.2. The summed E-state index contributed by atoms with van der Waals surface area (Å²) >= 11 is 0. The first-order valence-corrected chi connectivity index (χ1v) is 12.3. The number of primary sulfonamides is 1. The molecule has 1 fully saturated rings. The zero-order valence-electron chi connectivity index (χ0n) is 18.6. The Hall–Kier alpha value is -3.02. The Morgan fingerprint density at radius 1 is 1.09 bits per heavy atom. The lowest BCUT2D eigenvalue weighted by Gasteiger charge is -2.22. The molecule has 10 nitrogen and oxygen atoms in total. The Kier molecular flexibility index (Phi) is 8.37. The van der Waals surface area contributed by atoms with Crippen LogP contribution in [0.15, 0.2) is 47.5 Å². The molecule has 0 atom stereocenters. The maximum Gasteiger partial charge on any atom is 0.339 e. The number of nitrogens with one attached hydrogen (secondary N) is 1. The topological polar surface area (TPSA) is 135 Å². The van der Waals surface area contributed by atoms with Crippen molar-refractivity contribution >= 4 is 33.4 Å². The lowest BCUT2D eigenvalue weighted by Crippen LogP contribution is -2.33. The van der Waals surface area contributed by atoms with Gasteiger partial charge in [0.05, 0.1) is 17.1 Å². The molecule has 33 heavy (non-hydrogen) atoms. The zero-order valence-corrected chi connectivity index (χ0v) is 19.4. The van der Waals surface area contributed by atoms with Crippen molar-refractivity contribution in [2.75, 3.05) is 49.5 Å². The summed E-state index contributed by atoms with van der Waals surface area (Å²) in [6.07, 6.45) is 2.79. The van der Waals surface area contributed by atoms with E-state index in [1.165, 1.54) is 30.5 Å². The van der Waals surface area contributed by atoms with Crippen molar-refractivity contribution in [1.82, 2.24) is 9.88 Å². The fourth-order valence-corrected chi connectivity index (χ4v) is 4.06. The van der Waals surface area contributed by atoms with Crippen LogP contribution in [0.5, 0.6) is 0 Å². The quantitative estimate of drug-likeness (QED) is 0.548. The van der Waals surface area contributed by atoms with Gasteiger partial charge in [0.1, 0.15) is 5.82 Å². The Morgan fingerprint density at radius 3 is 2.48 bits per heavy atom. The van der Waals surface area contributed by atoms with Crippen molar-refractivity contribution in [3.8, 4) is 0 Å². The van der Waals surface area contributed by atoms with Crippen LogP contribution in [0.1, 0.15) is 30.1 Å². The number of rotatable bonds is 8. The minimum Gasteiger partial charge on any atom is -0.462 e. The van der Waals surface area contributed by atoms with Crippen LogP contribution >= 0.6 is 0 Å². The monoisotopic (exact) mass is 475 g/mol. The van der Waals surface area contributed by atoms with Gasteiger partial charge in [0, 0.05) is 44.5 Å². The van der Waals surface area contributed by atoms with E-state index in [1.54, 1.807) is 13.0 Å². The SMILES string of the molecule is CCOC(=O)c1ccc(N2CCCN(CCC(=O)Nc3ccc(S(N)(=O)=O)cc3)CC2)nc1. The molecule has 2 heterocycles. The van der Waals surface area contributed by atoms with E-state index in [-0.39, 0.29) is 16.8 Å². The van der Waals surface area contributed by atoms with Crippen molar-refractivity contribution in [1.29, 1.82) is 0 Å². The van der Waals surface area contributed by atoms with E-state index in [1.807, 2.05) is 6.07 Å². The minimum absolute atomic E-state index is 0.000332.